The number of carboxylic acid groups (broad SMARTS) is 1. The lowest BCUT2D eigenvalue weighted by Gasteiger charge is -2.18. The molecular weight excluding hydrogens is 192 g/mol. The van der Waals surface area contributed by atoms with Crippen LogP contribution in [0.1, 0.15) is 19.3 Å². The highest BCUT2D eigenvalue weighted by Crippen LogP contribution is 2.39. The van der Waals surface area contributed by atoms with Gasteiger partial charge in [0.15, 0.2) is 0 Å². The molecule has 80 valence electrons. The summed E-state index contributed by atoms with van der Waals surface area (Å²) in [6.45, 7) is 0.136. The zero-order valence-corrected chi connectivity index (χ0v) is 7.67. The van der Waals surface area contributed by atoms with Crippen molar-refractivity contribution < 1.29 is 18.7 Å². The van der Waals surface area contributed by atoms with Gasteiger partial charge in [-0.15, -0.1) is 0 Å². The zero-order chi connectivity index (χ0) is 10.6. The van der Waals surface area contributed by atoms with Gasteiger partial charge in [0.05, 0.1) is 0 Å². The molecule has 0 saturated heterocycles. The third-order valence-electron chi connectivity index (χ3n) is 2.37. The summed E-state index contributed by atoms with van der Waals surface area (Å²) in [5.41, 5.74) is 0. The Hall–Kier alpha value is -1.13. The zero-order valence-electron chi connectivity index (χ0n) is 7.67. The van der Waals surface area contributed by atoms with Crippen LogP contribution in [0.25, 0.3) is 0 Å². The topological polar surface area (TPSA) is 49.3 Å². The van der Waals surface area contributed by atoms with Gasteiger partial charge in [0.1, 0.15) is 0 Å². The SMILES string of the molecule is O=C(O)/C=C/NCC1CCCC1(F)F. The molecule has 1 aliphatic rings. The number of aliphatic carboxylic acids is 1. The average Bonchev–Trinajstić information content (AvgIpc) is 2.39. The molecular formula is C9H13F2NO2. The fourth-order valence-electron chi connectivity index (χ4n) is 1.59. The van der Waals surface area contributed by atoms with Crippen LogP contribution in [0.2, 0.25) is 0 Å². The van der Waals surface area contributed by atoms with Gasteiger partial charge < -0.3 is 10.4 Å². The molecule has 1 aliphatic carbocycles. The molecule has 1 unspecified atom stereocenters. The summed E-state index contributed by atoms with van der Waals surface area (Å²) in [6.07, 6.45) is 3.08. The molecule has 3 nitrogen and oxygen atoms in total. The first-order chi connectivity index (χ1) is 6.52. The highest BCUT2D eigenvalue weighted by Gasteiger charge is 2.43. The van der Waals surface area contributed by atoms with Crippen molar-refractivity contribution in [3.63, 3.8) is 0 Å². The Bertz CT molecular complexity index is 241. The second-order valence-electron chi connectivity index (χ2n) is 3.43. The normalized spacial score (nSPS) is 25.4. The van der Waals surface area contributed by atoms with Gasteiger partial charge in [-0.2, -0.15) is 0 Å². The Morgan fingerprint density at radius 1 is 1.64 bits per heavy atom. The van der Waals surface area contributed by atoms with E-state index in [1.54, 1.807) is 0 Å². The fourth-order valence-corrected chi connectivity index (χ4v) is 1.59. The van der Waals surface area contributed by atoms with Gasteiger partial charge in [0.2, 0.25) is 0 Å². The lowest BCUT2D eigenvalue weighted by molar-refractivity contribution is -0.131. The summed E-state index contributed by atoms with van der Waals surface area (Å²) in [5.74, 6) is -4.35. The van der Waals surface area contributed by atoms with Gasteiger partial charge in [0.25, 0.3) is 5.92 Å². The molecule has 0 bridgehead atoms. The van der Waals surface area contributed by atoms with Gasteiger partial charge in [0, 0.05) is 31.2 Å². The molecule has 5 heteroatoms. The van der Waals surface area contributed by atoms with Crippen LogP contribution in [0.4, 0.5) is 8.78 Å². The Labute approximate surface area is 80.8 Å². The Morgan fingerprint density at radius 3 is 2.86 bits per heavy atom. The smallest absolute Gasteiger partial charge is 0.329 e. The molecule has 0 aromatic rings. The highest BCUT2D eigenvalue weighted by atomic mass is 19.3. The molecule has 1 atom stereocenters. The molecule has 0 aromatic heterocycles. The predicted octanol–water partition coefficient (Wildman–Crippen LogP) is 1.61. The minimum atomic E-state index is -2.59. The van der Waals surface area contributed by atoms with E-state index >= 15 is 0 Å². The van der Waals surface area contributed by atoms with Crippen LogP contribution in [-0.4, -0.2) is 23.5 Å². The number of hydrogen-bond acceptors (Lipinski definition) is 2. The molecule has 2 N–H and O–H groups in total. The van der Waals surface area contributed by atoms with E-state index in [0.29, 0.717) is 12.8 Å². The van der Waals surface area contributed by atoms with Gasteiger partial charge in [-0.3, -0.25) is 0 Å². The number of nitrogens with one attached hydrogen (secondary N) is 1. The Morgan fingerprint density at radius 2 is 2.36 bits per heavy atom. The van der Waals surface area contributed by atoms with Crippen LogP contribution in [0.15, 0.2) is 12.3 Å². The second-order valence-corrected chi connectivity index (χ2v) is 3.43. The second kappa shape index (κ2) is 4.39. The summed E-state index contributed by atoms with van der Waals surface area (Å²) in [6, 6.07) is 0. The number of halogens is 2. The lowest BCUT2D eigenvalue weighted by Crippen LogP contribution is -2.30. The van der Waals surface area contributed by atoms with E-state index in [1.165, 1.54) is 6.20 Å². The maximum absolute atomic E-state index is 13.0. The first kappa shape index (κ1) is 10.9. The summed E-state index contributed by atoms with van der Waals surface area (Å²) >= 11 is 0. The van der Waals surface area contributed by atoms with Crippen LogP contribution in [0, 0.1) is 5.92 Å². The van der Waals surface area contributed by atoms with Gasteiger partial charge in [-0.1, -0.05) is 0 Å². The third kappa shape index (κ3) is 2.97. The molecule has 1 fully saturated rings. The number of carboxylic acids is 1. The Kier molecular flexibility index (Phi) is 3.43. The van der Waals surface area contributed by atoms with Crippen LogP contribution in [-0.2, 0) is 4.79 Å². The minimum absolute atomic E-state index is 0.0536. The third-order valence-corrected chi connectivity index (χ3v) is 2.37. The number of rotatable bonds is 4. The van der Waals surface area contributed by atoms with Crippen LogP contribution in [0.3, 0.4) is 0 Å². The van der Waals surface area contributed by atoms with E-state index in [9.17, 15) is 13.6 Å². The van der Waals surface area contributed by atoms with E-state index < -0.39 is 17.8 Å². The number of alkyl halides is 2. The van der Waals surface area contributed by atoms with Crippen molar-refractivity contribution in [1.29, 1.82) is 0 Å². The molecule has 0 spiro atoms. The average molecular weight is 205 g/mol. The largest absolute Gasteiger partial charge is 0.478 e. The predicted molar refractivity (Wildman–Crippen MR) is 47.1 cm³/mol. The van der Waals surface area contributed by atoms with Crippen molar-refractivity contribution in [1.82, 2.24) is 5.32 Å². The summed E-state index contributed by atoms with van der Waals surface area (Å²) in [4.78, 5) is 10.0. The molecule has 0 aliphatic heterocycles. The van der Waals surface area contributed by atoms with E-state index in [1.807, 2.05) is 0 Å². The molecule has 0 heterocycles. The van der Waals surface area contributed by atoms with Crippen LogP contribution < -0.4 is 5.32 Å². The summed E-state index contributed by atoms with van der Waals surface area (Å²) in [5, 5.41) is 10.8. The first-order valence-electron chi connectivity index (χ1n) is 4.53. The van der Waals surface area contributed by atoms with Crippen molar-refractivity contribution in [2.75, 3.05) is 6.54 Å². The van der Waals surface area contributed by atoms with E-state index in [0.717, 1.165) is 6.08 Å². The standard InChI is InChI=1S/C9H13F2NO2/c10-9(11)4-1-2-7(9)6-12-5-3-8(13)14/h3,5,7,12H,1-2,4,6H2,(H,13,14)/b5-3+. The molecule has 0 amide bonds. The van der Waals surface area contributed by atoms with E-state index in [2.05, 4.69) is 5.32 Å². The first-order valence-corrected chi connectivity index (χ1v) is 4.53. The molecule has 14 heavy (non-hydrogen) atoms. The van der Waals surface area contributed by atoms with Crippen molar-refractivity contribution in [3.05, 3.63) is 12.3 Å². The quantitative estimate of drug-likeness (QED) is 0.685. The molecule has 0 radical (unpaired) electrons. The van der Waals surface area contributed by atoms with Crippen molar-refractivity contribution in [2.45, 2.75) is 25.2 Å². The number of carbonyl (C=O) groups is 1. The fraction of sp³-hybridized carbons (Fsp3) is 0.667. The van der Waals surface area contributed by atoms with Crippen LogP contribution >= 0.6 is 0 Å². The van der Waals surface area contributed by atoms with E-state index in [-0.39, 0.29) is 13.0 Å². The van der Waals surface area contributed by atoms with Gasteiger partial charge in [-0.25, -0.2) is 13.6 Å². The number of hydrogen-bond donors (Lipinski definition) is 2. The maximum atomic E-state index is 13.0. The molecule has 1 saturated carbocycles. The van der Waals surface area contributed by atoms with Crippen molar-refractivity contribution >= 4 is 5.97 Å². The highest BCUT2D eigenvalue weighted by molar-refractivity contribution is 5.79. The Balaban J connectivity index is 2.28. The maximum Gasteiger partial charge on any atom is 0.329 e. The summed E-state index contributed by atoms with van der Waals surface area (Å²) in [7, 11) is 0. The minimum Gasteiger partial charge on any atom is -0.478 e. The molecule has 0 aromatic carbocycles. The van der Waals surface area contributed by atoms with Crippen LogP contribution in [0.5, 0.6) is 0 Å². The van der Waals surface area contributed by atoms with Crippen molar-refractivity contribution in [3.8, 4) is 0 Å². The summed E-state index contributed by atoms with van der Waals surface area (Å²) < 4.78 is 26.0. The monoisotopic (exact) mass is 205 g/mol. The molecule has 1 rings (SSSR count). The van der Waals surface area contributed by atoms with Gasteiger partial charge >= 0.3 is 5.97 Å². The lowest BCUT2D eigenvalue weighted by atomic mass is 10.1. The van der Waals surface area contributed by atoms with Crippen molar-refractivity contribution in [2.24, 2.45) is 5.92 Å². The van der Waals surface area contributed by atoms with Gasteiger partial charge in [-0.05, 0) is 12.8 Å². The van der Waals surface area contributed by atoms with E-state index in [4.69, 9.17) is 5.11 Å².